The predicted molar refractivity (Wildman–Crippen MR) is 109 cm³/mol. The van der Waals surface area contributed by atoms with Crippen LogP contribution in [0.5, 0.6) is 5.75 Å². The summed E-state index contributed by atoms with van der Waals surface area (Å²) in [5.41, 5.74) is 15.5. The zero-order valence-electron chi connectivity index (χ0n) is 15.5. The van der Waals surface area contributed by atoms with Crippen LogP contribution < -0.4 is 32.8 Å². The van der Waals surface area contributed by atoms with Crippen molar-refractivity contribution in [2.75, 3.05) is 16.9 Å². The van der Waals surface area contributed by atoms with Gasteiger partial charge in [-0.1, -0.05) is 30.3 Å². The Hall–Kier alpha value is -3.85. The van der Waals surface area contributed by atoms with Crippen LogP contribution in [0.2, 0.25) is 0 Å². The highest BCUT2D eigenvalue weighted by atomic mass is 19.1. The Labute approximate surface area is 166 Å². The molecule has 0 radical (unpaired) electrons. The van der Waals surface area contributed by atoms with E-state index in [4.69, 9.17) is 22.0 Å². The molecule has 0 saturated heterocycles. The number of halogens is 1. The van der Waals surface area contributed by atoms with Gasteiger partial charge in [0.1, 0.15) is 29.7 Å². The molecule has 0 aliphatic heterocycles. The van der Waals surface area contributed by atoms with E-state index >= 15 is 0 Å². The van der Waals surface area contributed by atoms with E-state index < -0.39 is 5.82 Å². The molecule has 0 aliphatic rings. The van der Waals surface area contributed by atoms with Crippen LogP contribution >= 0.6 is 0 Å². The van der Waals surface area contributed by atoms with E-state index in [0.717, 1.165) is 5.56 Å². The van der Waals surface area contributed by atoms with Gasteiger partial charge in [0, 0.05) is 23.7 Å². The van der Waals surface area contributed by atoms with Gasteiger partial charge in [-0.2, -0.15) is 0 Å². The molecule has 29 heavy (non-hydrogen) atoms. The van der Waals surface area contributed by atoms with Gasteiger partial charge >= 0.3 is 0 Å². The number of benzene rings is 2. The van der Waals surface area contributed by atoms with Crippen LogP contribution in [0.1, 0.15) is 21.5 Å². The van der Waals surface area contributed by atoms with E-state index in [1.54, 1.807) is 0 Å². The molecule has 8 nitrogen and oxygen atoms in total. The van der Waals surface area contributed by atoms with Gasteiger partial charge < -0.3 is 26.9 Å². The fourth-order valence-electron chi connectivity index (χ4n) is 2.64. The first-order valence-corrected chi connectivity index (χ1v) is 8.74. The van der Waals surface area contributed by atoms with Gasteiger partial charge in [0.25, 0.3) is 5.91 Å². The number of carbonyl (C=O) groups is 1. The third kappa shape index (κ3) is 4.90. The number of hydrazine groups is 1. The van der Waals surface area contributed by atoms with Gasteiger partial charge in [-0.3, -0.25) is 4.79 Å². The topological polar surface area (TPSA) is 141 Å². The maximum Gasteiger partial charge on any atom is 0.251 e. The lowest BCUT2D eigenvalue weighted by Crippen LogP contribution is -2.23. The van der Waals surface area contributed by atoms with Crippen LogP contribution in [0.4, 0.5) is 21.7 Å². The van der Waals surface area contributed by atoms with Crippen molar-refractivity contribution >= 4 is 23.2 Å². The van der Waals surface area contributed by atoms with E-state index in [-0.39, 0.29) is 41.2 Å². The van der Waals surface area contributed by atoms with Crippen LogP contribution in [0.15, 0.2) is 54.6 Å². The van der Waals surface area contributed by atoms with Gasteiger partial charge in [0.2, 0.25) is 0 Å². The van der Waals surface area contributed by atoms with Crippen molar-refractivity contribution in [1.82, 2.24) is 10.3 Å². The number of carbonyl (C=O) groups excluding carboxylic acids is 1. The number of rotatable bonds is 7. The van der Waals surface area contributed by atoms with Gasteiger partial charge in [-0.15, -0.1) is 0 Å². The average Bonchev–Trinajstić information content (AvgIpc) is 2.74. The molecule has 0 unspecified atom stereocenters. The molecule has 0 bridgehead atoms. The summed E-state index contributed by atoms with van der Waals surface area (Å²) in [6.45, 7) is 0.202. The summed E-state index contributed by atoms with van der Waals surface area (Å²) in [5, 5.41) is 2.80. The highest BCUT2D eigenvalue weighted by Gasteiger charge is 2.13. The maximum absolute atomic E-state index is 14.2. The number of ether oxygens (including phenoxy) is 1. The molecule has 3 aromatic rings. The first-order chi connectivity index (χ1) is 14.0. The zero-order chi connectivity index (χ0) is 20.8. The normalized spacial score (nSPS) is 10.4. The SMILES string of the molecule is NNc1nc(N)cc(OCc2cc(C(=O)NCc3ccccc3)ccc2F)c1N. The van der Waals surface area contributed by atoms with Crippen LogP contribution in [-0.4, -0.2) is 10.9 Å². The number of nitrogen functional groups attached to an aromatic ring is 3. The highest BCUT2D eigenvalue weighted by Crippen LogP contribution is 2.30. The van der Waals surface area contributed by atoms with Crippen LogP contribution in [0.3, 0.4) is 0 Å². The summed E-state index contributed by atoms with van der Waals surface area (Å²) in [5.74, 6) is 4.98. The summed E-state index contributed by atoms with van der Waals surface area (Å²) in [7, 11) is 0. The molecule has 0 saturated carbocycles. The van der Waals surface area contributed by atoms with Gasteiger partial charge in [0.05, 0.1) is 0 Å². The van der Waals surface area contributed by atoms with Crippen LogP contribution in [0.25, 0.3) is 0 Å². The molecule has 0 aliphatic carbocycles. The average molecular weight is 396 g/mol. The molecular formula is C20H21FN6O2. The minimum absolute atomic E-state index is 0.136. The third-order valence-electron chi connectivity index (χ3n) is 4.16. The van der Waals surface area contributed by atoms with Gasteiger partial charge in [-0.05, 0) is 23.8 Å². The van der Waals surface area contributed by atoms with E-state index in [9.17, 15) is 9.18 Å². The van der Waals surface area contributed by atoms with Crippen molar-refractivity contribution in [3.05, 3.63) is 77.1 Å². The van der Waals surface area contributed by atoms with Crippen molar-refractivity contribution in [1.29, 1.82) is 0 Å². The molecule has 1 amide bonds. The maximum atomic E-state index is 14.2. The van der Waals surface area contributed by atoms with E-state index in [0.29, 0.717) is 12.1 Å². The number of amides is 1. The first-order valence-electron chi connectivity index (χ1n) is 8.74. The molecule has 8 N–H and O–H groups in total. The number of anilines is 3. The monoisotopic (exact) mass is 396 g/mol. The molecule has 0 spiro atoms. The largest absolute Gasteiger partial charge is 0.486 e. The Morgan fingerprint density at radius 3 is 2.59 bits per heavy atom. The second kappa shape index (κ2) is 8.89. The Morgan fingerprint density at radius 1 is 1.10 bits per heavy atom. The molecule has 0 atom stereocenters. The van der Waals surface area contributed by atoms with Crippen molar-refractivity contribution in [3.63, 3.8) is 0 Å². The molecule has 1 heterocycles. The lowest BCUT2D eigenvalue weighted by Gasteiger charge is -2.13. The molecule has 2 aromatic carbocycles. The third-order valence-corrected chi connectivity index (χ3v) is 4.16. The van der Waals surface area contributed by atoms with Crippen molar-refractivity contribution in [2.24, 2.45) is 5.84 Å². The Balaban J connectivity index is 1.71. The van der Waals surface area contributed by atoms with Crippen LogP contribution in [0, 0.1) is 5.82 Å². The summed E-state index contributed by atoms with van der Waals surface area (Å²) in [6, 6.07) is 14.9. The summed E-state index contributed by atoms with van der Waals surface area (Å²) >= 11 is 0. The number of aromatic nitrogens is 1. The number of nitrogens with zero attached hydrogens (tertiary/aromatic N) is 1. The Morgan fingerprint density at radius 2 is 1.86 bits per heavy atom. The van der Waals surface area contributed by atoms with Gasteiger partial charge in [-0.25, -0.2) is 15.2 Å². The molecule has 9 heteroatoms. The van der Waals surface area contributed by atoms with Crippen molar-refractivity contribution in [3.8, 4) is 5.75 Å². The standard InChI is InChI=1S/C20H21FN6O2/c21-15-7-6-13(20(28)25-10-12-4-2-1-3-5-12)8-14(15)11-29-16-9-17(22)26-19(27-24)18(16)23/h1-9H,10-11,23-24H2,(H,25,28)(H3,22,26,27). The van der Waals surface area contributed by atoms with Gasteiger partial charge in [0.15, 0.2) is 5.82 Å². The smallest absolute Gasteiger partial charge is 0.251 e. The fourth-order valence-corrected chi connectivity index (χ4v) is 2.64. The van der Waals surface area contributed by atoms with E-state index in [1.165, 1.54) is 24.3 Å². The van der Waals surface area contributed by atoms with E-state index in [1.807, 2.05) is 30.3 Å². The number of nitrogens with two attached hydrogens (primary N) is 3. The molecule has 0 fully saturated rings. The second-order valence-electron chi connectivity index (χ2n) is 6.22. The minimum atomic E-state index is -0.512. The van der Waals surface area contributed by atoms with Crippen molar-refractivity contribution in [2.45, 2.75) is 13.2 Å². The zero-order valence-corrected chi connectivity index (χ0v) is 15.5. The number of pyridine rings is 1. The quantitative estimate of drug-likeness (QED) is 0.304. The Bertz CT molecular complexity index is 1010. The number of hydrogen-bond donors (Lipinski definition) is 5. The lowest BCUT2D eigenvalue weighted by molar-refractivity contribution is 0.0950. The molecule has 1 aromatic heterocycles. The second-order valence-corrected chi connectivity index (χ2v) is 6.22. The minimum Gasteiger partial charge on any atom is -0.486 e. The summed E-state index contributed by atoms with van der Waals surface area (Å²) < 4.78 is 19.8. The molecule has 3 rings (SSSR count). The predicted octanol–water partition coefficient (Wildman–Crippen LogP) is 2.18. The molecule has 150 valence electrons. The summed E-state index contributed by atoms with van der Waals surface area (Å²) in [4.78, 5) is 16.3. The highest BCUT2D eigenvalue weighted by molar-refractivity contribution is 5.94. The summed E-state index contributed by atoms with van der Waals surface area (Å²) in [6.07, 6.45) is 0. The first kappa shape index (κ1) is 19.9. The lowest BCUT2D eigenvalue weighted by atomic mass is 10.1. The fraction of sp³-hybridized carbons (Fsp3) is 0.100. The van der Waals surface area contributed by atoms with Crippen molar-refractivity contribution < 1.29 is 13.9 Å². The number of hydrogen-bond acceptors (Lipinski definition) is 7. The number of nitrogens with one attached hydrogen (secondary N) is 2. The van der Waals surface area contributed by atoms with Crippen LogP contribution in [-0.2, 0) is 13.2 Å². The van der Waals surface area contributed by atoms with E-state index in [2.05, 4.69) is 15.7 Å². The molecular weight excluding hydrogens is 375 g/mol. The Kier molecular flexibility index (Phi) is 6.10.